The zero-order valence-corrected chi connectivity index (χ0v) is 7.03. The summed E-state index contributed by atoms with van der Waals surface area (Å²) in [4.78, 5) is 15.2. The summed E-state index contributed by atoms with van der Waals surface area (Å²) in [6.07, 6.45) is 2.10. The quantitative estimate of drug-likeness (QED) is 0.687. The van der Waals surface area contributed by atoms with Crippen LogP contribution in [0.3, 0.4) is 0 Å². The van der Waals surface area contributed by atoms with Crippen molar-refractivity contribution in [3.63, 3.8) is 0 Å². The number of rotatable bonds is 3. The molecule has 0 aromatic carbocycles. The van der Waals surface area contributed by atoms with Crippen LogP contribution in [0.25, 0.3) is 0 Å². The lowest BCUT2D eigenvalue weighted by Crippen LogP contribution is -2.20. The van der Waals surface area contributed by atoms with Crippen molar-refractivity contribution in [1.29, 1.82) is 0 Å². The minimum atomic E-state index is -0.0593. The number of aromatic nitrogens is 2. The van der Waals surface area contributed by atoms with Gasteiger partial charge in [0, 0.05) is 24.9 Å². The van der Waals surface area contributed by atoms with Crippen LogP contribution in [0.5, 0.6) is 0 Å². The second-order valence-electron chi connectivity index (χ2n) is 2.64. The SMILES string of the molecule is Cc1cc(=O)n(CCCO)cn1. The maximum absolute atomic E-state index is 11.2. The third-order valence-electron chi connectivity index (χ3n) is 1.57. The first-order valence-electron chi connectivity index (χ1n) is 3.88. The van der Waals surface area contributed by atoms with Gasteiger partial charge in [0.05, 0.1) is 6.33 Å². The van der Waals surface area contributed by atoms with E-state index < -0.39 is 0 Å². The second-order valence-corrected chi connectivity index (χ2v) is 2.64. The monoisotopic (exact) mass is 168 g/mol. The molecule has 0 radical (unpaired) electrons. The number of nitrogens with zero attached hydrogens (tertiary/aromatic N) is 2. The van der Waals surface area contributed by atoms with Crippen molar-refractivity contribution in [3.8, 4) is 0 Å². The van der Waals surface area contributed by atoms with E-state index in [4.69, 9.17) is 5.11 Å². The molecule has 1 heterocycles. The van der Waals surface area contributed by atoms with Crippen molar-refractivity contribution >= 4 is 0 Å². The van der Waals surface area contributed by atoms with E-state index in [1.807, 2.05) is 0 Å². The summed E-state index contributed by atoms with van der Waals surface area (Å²) in [5.41, 5.74) is 0.663. The molecule has 0 saturated heterocycles. The average Bonchev–Trinajstić information content (AvgIpc) is 2.03. The van der Waals surface area contributed by atoms with Crippen molar-refractivity contribution in [2.75, 3.05) is 6.61 Å². The minimum absolute atomic E-state index is 0.0593. The van der Waals surface area contributed by atoms with Crippen LogP contribution in [0.1, 0.15) is 12.1 Å². The zero-order valence-electron chi connectivity index (χ0n) is 7.03. The Balaban J connectivity index is 2.80. The molecular weight excluding hydrogens is 156 g/mol. The predicted octanol–water partition coefficient (Wildman–Crippen LogP) is -0.0659. The molecular formula is C8H12N2O2. The van der Waals surface area contributed by atoms with Gasteiger partial charge < -0.3 is 5.11 Å². The summed E-state index contributed by atoms with van der Waals surface area (Å²) in [6.45, 7) is 2.40. The summed E-state index contributed by atoms with van der Waals surface area (Å²) in [5, 5.41) is 8.54. The Morgan fingerprint density at radius 2 is 2.42 bits per heavy atom. The number of aliphatic hydroxyl groups excluding tert-OH is 1. The molecule has 66 valence electrons. The summed E-state index contributed by atoms with van der Waals surface area (Å²) < 4.78 is 1.49. The van der Waals surface area contributed by atoms with Crippen LogP contribution in [-0.2, 0) is 6.54 Å². The minimum Gasteiger partial charge on any atom is -0.396 e. The van der Waals surface area contributed by atoms with E-state index in [1.165, 1.54) is 17.0 Å². The highest BCUT2D eigenvalue weighted by molar-refractivity contribution is 4.95. The highest BCUT2D eigenvalue weighted by Gasteiger charge is 1.95. The molecule has 0 aliphatic carbocycles. The van der Waals surface area contributed by atoms with Gasteiger partial charge in [0.1, 0.15) is 0 Å². The van der Waals surface area contributed by atoms with E-state index in [9.17, 15) is 4.79 Å². The highest BCUT2D eigenvalue weighted by atomic mass is 16.3. The molecule has 0 unspecified atom stereocenters. The lowest BCUT2D eigenvalue weighted by Gasteiger charge is -2.02. The molecule has 1 aromatic rings. The molecule has 12 heavy (non-hydrogen) atoms. The molecule has 0 fully saturated rings. The third-order valence-corrected chi connectivity index (χ3v) is 1.57. The molecule has 0 saturated carbocycles. The van der Waals surface area contributed by atoms with Crippen LogP contribution in [0.4, 0.5) is 0 Å². The molecule has 0 amide bonds. The van der Waals surface area contributed by atoms with Crippen LogP contribution in [0, 0.1) is 6.92 Å². The standard InChI is InChI=1S/C8H12N2O2/c1-7-5-8(12)10(6-9-7)3-2-4-11/h5-6,11H,2-4H2,1H3. The molecule has 0 bridgehead atoms. The maximum Gasteiger partial charge on any atom is 0.253 e. The van der Waals surface area contributed by atoms with Crippen LogP contribution in [0.2, 0.25) is 0 Å². The Hall–Kier alpha value is -1.16. The fourth-order valence-corrected chi connectivity index (χ4v) is 0.926. The predicted molar refractivity (Wildman–Crippen MR) is 44.9 cm³/mol. The van der Waals surface area contributed by atoms with E-state index in [2.05, 4.69) is 4.98 Å². The summed E-state index contributed by atoms with van der Waals surface area (Å²) in [6, 6.07) is 1.48. The Morgan fingerprint density at radius 3 is 3.00 bits per heavy atom. The number of hydrogen-bond acceptors (Lipinski definition) is 3. The molecule has 4 nitrogen and oxygen atoms in total. The number of hydrogen-bond donors (Lipinski definition) is 1. The summed E-state index contributed by atoms with van der Waals surface area (Å²) in [5.74, 6) is 0. The van der Waals surface area contributed by atoms with Crippen molar-refractivity contribution in [3.05, 3.63) is 28.4 Å². The van der Waals surface area contributed by atoms with Gasteiger partial charge in [0.2, 0.25) is 0 Å². The van der Waals surface area contributed by atoms with Crippen LogP contribution in [-0.4, -0.2) is 21.3 Å². The smallest absolute Gasteiger partial charge is 0.253 e. The van der Waals surface area contributed by atoms with Gasteiger partial charge in [-0.05, 0) is 13.3 Å². The lowest BCUT2D eigenvalue weighted by atomic mass is 10.4. The molecule has 1 rings (SSSR count). The largest absolute Gasteiger partial charge is 0.396 e. The van der Waals surface area contributed by atoms with Crippen molar-refractivity contribution in [2.24, 2.45) is 0 Å². The first-order valence-corrected chi connectivity index (χ1v) is 3.88. The van der Waals surface area contributed by atoms with E-state index in [1.54, 1.807) is 6.92 Å². The fourth-order valence-electron chi connectivity index (χ4n) is 0.926. The van der Waals surface area contributed by atoms with Crippen molar-refractivity contribution in [2.45, 2.75) is 19.9 Å². The van der Waals surface area contributed by atoms with E-state index in [-0.39, 0.29) is 12.2 Å². The molecule has 0 spiro atoms. The van der Waals surface area contributed by atoms with Gasteiger partial charge in [0.25, 0.3) is 5.56 Å². The second kappa shape index (κ2) is 4.01. The molecule has 1 aromatic heterocycles. The van der Waals surface area contributed by atoms with Gasteiger partial charge in [0.15, 0.2) is 0 Å². The highest BCUT2D eigenvalue weighted by Crippen LogP contribution is 1.87. The van der Waals surface area contributed by atoms with Gasteiger partial charge in [-0.3, -0.25) is 9.36 Å². The first-order chi connectivity index (χ1) is 5.74. The molecule has 1 N–H and O–H groups in total. The van der Waals surface area contributed by atoms with Crippen molar-refractivity contribution in [1.82, 2.24) is 9.55 Å². The van der Waals surface area contributed by atoms with Gasteiger partial charge in [-0.15, -0.1) is 0 Å². The van der Waals surface area contributed by atoms with E-state index in [0.29, 0.717) is 13.0 Å². The molecule has 4 heteroatoms. The maximum atomic E-state index is 11.2. The first kappa shape index (κ1) is 8.93. The van der Waals surface area contributed by atoms with Gasteiger partial charge in [-0.1, -0.05) is 0 Å². The van der Waals surface area contributed by atoms with Crippen LogP contribution >= 0.6 is 0 Å². The van der Waals surface area contributed by atoms with Crippen LogP contribution < -0.4 is 5.56 Å². The number of aryl methyl sites for hydroxylation is 2. The van der Waals surface area contributed by atoms with Crippen LogP contribution in [0.15, 0.2) is 17.2 Å². The molecule has 0 atom stereocenters. The van der Waals surface area contributed by atoms with Gasteiger partial charge in [-0.25, -0.2) is 4.98 Å². The Morgan fingerprint density at radius 1 is 1.67 bits per heavy atom. The molecule has 0 aliphatic rings. The normalized spacial score (nSPS) is 10.2. The van der Waals surface area contributed by atoms with E-state index >= 15 is 0 Å². The average molecular weight is 168 g/mol. The lowest BCUT2D eigenvalue weighted by molar-refractivity contribution is 0.278. The van der Waals surface area contributed by atoms with Gasteiger partial charge >= 0.3 is 0 Å². The van der Waals surface area contributed by atoms with E-state index in [0.717, 1.165) is 5.69 Å². The van der Waals surface area contributed by atoms with Crippen molar-refractivity contribution < 1.29 is 5.11 Å². The topological polar surface area (TPSA) is 55.1 Å². The molecule has 0 aliphatic heterocycles. The summed E-state index contributed by atoms with van der Waals surface area (Å²) in [7, 11) is 0. The number of aliphatic hydroxyl groups is 1. The zero-order chi connectivity index (χ0) is 8.97. The Bertz CT molecular complexity index is 306. The summed E-state index contributed by atoms with van der Waals surface area (Å²) >= 11 is 0. The Kier molecular flexibility index (Phi) is 2.99. The third kappa shape index (κ3) is 2.17. The van der Waals surface area contributed by atoms with Gasteiger partial charge in [-0.2, -0.15) is 0 Å². The fraction of sp³-hybridized carbons (Fsp3) is 0.500. The Labute approximate surface area is 70.5 Å².